The van der Waals surface area contributed by atoms with Crippen LogP contribution in [0.15, 0.2) is 36.7 Å². The zero-order chi connectivity index (χ0) is 22.5. The molecule has 2 aliphatic rings. The first kappa shape index (κ1) is 20.9. The summed E-state index contributed by atoms with van der Waals surface area (Å²) in [6.07, 6.45) is -0.256. The van der Waals surface area contributed by atoms with Crippen LogP contribution in [-0.2, 0) is 11.3 Å². The van der Waals surface area contributed by atoms with Gasteiger partial charge >= 0.3 is 6.18 Å². The Labute approximate surface area is 182 Å². The fourth-order valence-corrected chi connectivity index (χ4v) is 4.06. The maximum absolute atomic E-state index is 13.0. The van der Waals surface area contributed by atoms with E-state index < -0.39 is 18.2 Å². The van der Waals surface area contributed by atoms with Gasteiger partial charge in [0.05, 0.1) is 24.4 Å². The molecule has 10 heteroatoms. The molecule has 1 unspecified atom stereocenters. The number of carbonyl (C=O) groups excluding carboxylic acids is 1. The monoisotopic (exact) mass is 445 g/mol. The molecule has 2 fully saturated rings. The van der Waals surface area contributed by atoms with Gasteiger partial charge in [-0.2, -0.15) is 18.3 Å². The quantitative estimate of drug-likeness (QED) is 0.651. The maximum Gasteiger partial charge on any atom is 0.415 e. The van der Waals surface area contributed by atoms with Gasteiger partial charge in [-0.15, -0.1) is 0 Å². The highest BCUT2D eigenvalue weighted by Gasteiger charge is 2.43. The van der Waals surface area contributed by atoms with Gasteiger partial charge in [0.25, 0.3) is 5.91 Å². The number of amides is 1. The fraction of sp³-hybridized carbons (Fsp3) is 0.409. The Bertz CT molecular complexity index is 1170. The number of hydrogen-bond donors (Lipinski definition) is 1. The third-order valence-corrected chi connectivity index (χ3v) is 5.88. The Kier molecular flexibility index (Phi) is 5.13. The van der Waals surface area contributed by atoms with E-state index in [2.05, 4.69) is 10.1 Å². The van der Waals surface area contributed by atoms with Crippen molar-refractivity contribution < 1.29 is 22.7 Å². The van der Waals surface area contributed by atoms with E-state index in [0.29, 0.717) is 24.6 Å². The number of alkyl halides is 3. The molecule has 1 aliphatic carbocycles. The summed E-state index contributed by atoms with van der Waals surface area (Å²) in [7, 11) is 0. The molecule has 0 radical (unpaired) electrons. The topological polar surface area (TPSA) is 86.3 Å². The van der Waals surface area contributed by atoms with Crippen LogP contribution in [0.1, 0.15) is 34.9 Å². The molecule has 32 heavy (non-hydrogen) atoms. The summed E-state index contributed by atoms with van der Waals surface area (Å²) in [5.74, 6) is -0.644. The summed E-state index contributed by atoms with van der Waals surface area (Å²) in [4.78, 5) is 18.0. The molecule has 1 atom stereocenters. The van der Waals surface area contributed by atoms with Crippen LogP contribution in [0, 0.1) is 0 Å². The van der Waals surface area contributed by atoms with Crippen LogP contribution in [0.25, 0.3) is 22.0 Å². The van der Waals surface area contributed by atoms with E-state index in [4.69, 9.17) is 10.5 Å². The smallest absolute Gasteiger partial charge is 0.366 e. The number of nitrogens with two attached hydrogens (primary N) is 1. The lowest BCUT2D eigenvalue weighted by Gasteiger charge is -2.33. The van der Waals surface area contributed by atoms with E-state index >= 15 is 0 Å². The summed E-state index contributed by atoms with van der Waals surface area (Å²) < 4.78 is 45.9. The van der Waals surface area contributed by atoms with E-state index in [-0.39, 0.29) is 18.8 Å². The van der Waals surface area contributed by atoms with E-state index in [9.17, 15) is 18.0 Å². The molecule has 1 aromatic carbocycles. The number of morpholine rings is 1. The normalized spacial score (nSPS) is 20.0. The van der Waals surface area contributed by atoms with Crippen molar-refractivity contribution in [3.63, 3.8) is 0 Å². The zero-order valence-corrected chi connectivity index (χ0v) is 17.2. The molecule has 5 rings (SSSR count). The number of primary amides is 1. The Balaban J connectivity index is 1.47. The van der Waals surface area contributed by atoms with Crippen molar-refractivity contribution in [3.05, 3.63) is 47.9 Å². The molecule has 1 saturated heterocycles. The standard InChI is InChI=1S/C22H22F3N5O2/c23-22(24,25)20-12-29(5-6-32-20)10-13-1-4-16-17(8-19(21(26)31)28-18(16)7-13)14-9-27-30(11-14)15-2-3-15/h1,4,7-9,11,15,20H,2-3,5-6,10,12H2,(H2,26,31). The minimum atomic E-state index is -4.39. The van der Waals surface area contributed by atoms with Crippen LogP contribution in [0.5, 0.6) is 0 Å². The summed E-state index contributed by atoms with van der Waals surface area (Å²) >= 11 is 0. The number of benzene rings is 1. The number of carbonyl (C=O) groups is 1. The molecule has 2 aromatic heterocycles. The second-order valence-electron chi connectivity index (χ2n) is 8.35. The van der Waals surface area contributed by atoms with E-state index in [1.165, 1.54) is 0 Å². The van der Waals surface area contributed by atoms with Gasteiger partial charge in [-0.25, -0.2) is 4.98 Å². The Morgan fingerprint density at radius 2 is 2.06 bits per heavy atom. The van der Waals surface area contributed by atoms with Crippen LogP contribution in [-0.4, -0.2) is 57.5 Å². The van der Waals surface area contributed by atoms with E-state index in [1.54, 1.807) is 23.2 Å². The van der Waals surface area contributed by atoms with Gasteiger partial charge in [0, 0.05) is 36.8 Å². The fourth-order valence-electron chi connectivity index (χ4n) is 4.06. The number of fused-ring (bicyclic) bond motifs is 1. The molecule has 7 nitrogen and oxygen atoms in total. The lowest BCUT2D eigenvalue weighted by atomic mass is 10.0. The molecule has 1 aliphatic heterocycles. The van der Waals surface area contributed by atoms with Crippen LogP contribution < -0.4 is 5.73 Å². The van der Waals surface area contributed by atoms with Gasteiger partial charge in [-0.1, -0.05) is 12.1 Å². The van der Waals surface area contributed by atoms with Crippen molar-refractivity contribution in [2.75, 3.05) is 19.7 Å². The highest BCUT2D eigenvalue weighted by molar-refractivity contribution is 6.00. The largest absolute Gasteiger partial charge is 0.415 e. The van der Waals surface area contributed by atoms with Crippen molar-refractivity contribution >= 4 is 16.8 Å². The van der Waals surface area contributed by atoms with Crippen LogP contribution in [0.4, 0.5) is 13.2 Å². The highest BCUT2D eigenvalue weighted by Crippen LogP contribution is 2.36. The molecule has 1 saturated carbocycles. The molecule has 3 heterocycles. The lowest BCUT2D eigenvalue weighted by Crippen LogP contribution is -2.48. The summed E-state index contributed by atoms with van der Waals surface area (Å²) in [5, 5.41) is 5.25. The van der Waals surface area contributed by atoms with Crippen LogP contribution in [0.3, 0.4) is 0 Å². The summed E-state index contributed by atoms with van der Waals surface area (Å²) in [6.45, 7) is 0.535. The minimum Gasteiger partial charge on any atom is -0.366 e. The van der Waals surface area contributed by atoms with Gasteiger partial charge in [0.1, 0.15) is 5.69 Å². The number of halogens is 3. The third-order valence-electron chi connectivity index (χ3n) is 5.88. The van der Waals surface area contributed by atoms with Crippen molar-refractivity contribution in [3.8, 4) is 11.1 Å². The second kappa shape index (κ2) is 7.86. The van der Waals surface area contributed by atoms with Crippen molar-refractivity contribution in [2.45, 2.75) is 37.7 Å². The first-order valence-electron chi connectivity index (χ1n) is 10.5. The Morgan fingerprint density at radius 1 is 1.25 bits per heavy atom. The van der Waals surface area contributed by atoms with Crippen molar-refractivity contribution in [1.29, 1.82) is 0 Å². The molecule has 168 valence electrons. The van der Waals surface area contributed by atoms with E-state index in [1.807, 2.05) is 23.0 Å². The predicted octanol–water partition coefficient (Wildman–Crippen LogP) is 3.30. The third kappa shape index (κ3) is 4.20. The van der Waals surface area contributed by atoms with Gasteiger partial charge in [-0.3, -0.25) is 14.4 Å². The molecule has 3 aromatic rings. The highest BCUT2D eigenvalue weighted by atomic mass is 19.4. The average molecular weight is 445 g/mol. The molecule has 2 N–H and O–H groups in total. The molecular formula is C22H22F3N5O2. The minimum absolute atomic E-state index is 0.0248. The number of hydrogen-bond acceptors (Lipinski definition) is 5. The summed E-state index contributed by atoms with van der Waals surface area (Å²) in [5.41, 5.74) is 8.66. The maximum atomic E-state index is 13.0. The van der Waals surface area contributed by atoms with Crippen molar-refractivity contribution in [1.82, 2.24) is 19.7 Å². The second-order valence-corrected chi connectivity index (χ2v) is 8.35. The Hall–Kier alpha value is -2.98. The van der Waals surface area contributed by atoms with Gasteiger partial charge in [-0.05, 0) is 36.1 Å². The molecular weight excluding hydrogens is 423 g/mol. The molecule has 1 amide bonds. The van der Waals surface area contributed by atoms with Crippen LogP contribution in [0.2, 0.25) is 0 Å². The number of nitrogens with zero attached hydrogens (tertiary/aromatic N) is 4. The SMILES string of the molecule is NC(=O)c1cc(-c2cnn(C3CC3)c2)c2ccc(CN3CCOC(C(F)(F)F)C3)cc2n1. The van der Waals surface area contributed by atoms with E-state index in [0.717, 1.165) is 34.9 Å². The summed E-state index contributed by atoms with van der Waals surface area (Å²) in [6, 6.07) is 7.64. The average Bonchev–Trinajstić information content (AvgIpc) is 3.49. The first-order valence-corrected chi connectivity index (χ1v) is 10.5. The lowest BCUT2D eigenvalue weighted by molar-refractivity contribution is -0.237. The number of aromatic nitrogens is 3. The number of rotatable bonds is 5. The van der Waals surface area contributed by atoms with Gasteiger partial charge in [0.15, 0.2) is 6.10 Å². The predicted molar refractivity (Wildman–Crippen MR) is 111 cm³/mol. The number of pyridine rings is 1. The molecule has 0 spiro atoms. The van der Waals surface area contributed by atoms with Gasteiger partial charge < -0.3 is 10.5 Å². The van der Waals surface area contributed by atoms with Gasteiger partial charge in [0.2, 0.25) is 0 Å². The number of ether oxygens (including phenoxy) is 1. The van der Waals surface area contributed by atoms with Crippen molar-refractivity contribution in [2.24, 2.45) is 5.73 Å². The Morgan fingerprint density at radius 3 is 2.78 bits per heavy atom. The van der Waals surface area contributed by atoms with Crippen LogP contribution >= 0.6 is 0 Å². The zero-order valence-electron chi connectivity index (χ0n) is 17.2. The molecule has 0 bridgehead atoms. The first-order chi connectivity index (χ1) is 15.3.